The summed E-state index contributed by atoms with van der Waals surface area (Å²) in [5, 5.41) is 11.0. The van der Waals surface area contributed by atoms with Crippen LogP contribution < -0.4 is 11.1 Å². The summed E-state index contributed by atoms with van der Waals surface area (Å²) in [5.41, 5.74) is 7.63. The van der Waals surface area contributed by atoms with Crippen molar-refractivity contribution in [3.05, 3.63) is 40.1 Å². The SMILES string of the molecule is NCCNC(=O)c1nnn(-c2ccc(Br)cc2)c1C1CC1. The molecule has 1 amide bonds. The van der Waals surface area contributed by atoms with Crippen LogP contribution in [0.2, 0.25) is 0 Å². The highest BCUT2D eigenvalue weighted by molar-refractivity contribution is 9.10. The molecule has 3 N–H and O–H groups in total. The van der Waals surface area contributed by atoms with Crippen LogP contribution in [-0.2, 0) is 0 Å². The van der Waals surface area contributed by atoms with Gasteiger partial charge in [-0.1, -0.05) is 21.1 Å². The summed E-state index contributed by atoms with van der Waals surface area (Å²) in [6, 6.07) is 7.79. The topological polar surface area (TPSA) is 85.8 Å². The normalized spacial score (nSPS) is 14.2. The van der Waals surface area contributed by atoms with Crippen molar-refractivity contribution in [2.75, 3.05) is 13.1 Å². The van der Waals surface area contributed by atoms with Crippen LogP contribution >= 0.6 is 15.9 Å². The Kier molecular flexibility index (Phi) is 4.03. The van der Waals surface area contributed by atoms with Gasteiger partial charge in [0, 0.05) is 23.5 Å². The van der Waals surface area contributed by atoms with Crippen LogP contribution in [0.15, 0.2) is 28.7 Å². The van der Waals surface area contributed by atoms with Crippen molar-refractivity contribution in [1.82, 2.24) is 20.3 Å². The summed E-state index contributed by atoms with van der Waals surface area (Å²) in [5.74, 6) is 0.160. The second-order valence-electron chi connectivity index (χ2n) is 5.03. The Morgan fingerprint density at radius 3 is 2.71 bits per heavy atom. The fourth-order valence-electron chi connectivity index (χ4n) is 2.22. The maximum absolute atomic E-state index is 12.2. The first-order chi connectivity index (χ1) is 10.2. The number of hydrogen-bond acceptors (Lipinski definition) is 4. The molecule has 0 radical (unpaired) electrons. The molecule has 7 heteroatoms. The predicted octanol–water partition coefficient (Wildman–Crippen LogP) is 1.60. The molecule has 1 aliphatic carbocycles. The molecule has 1 aliphatic rings. The number of carbonyl (C=O) groups excluding carboxylic acids is 1. The van der Waals surface area contributed by atoms with Gasteiger partial charge in [-0.15, -0.1) is 5.10 Å². The second-order valence-corrected chi connectivity index (χ2v) is 5.95. The van der Waals surface area contributed by atoms with Crippen molar-refractivity contribution >= 4 is 21.8 Å². The minimum Gasteiger partial charge on any atom is -0.349 e. The van der Waals surface area contributed by atoms with Crippen molar-refractivity contribution in [3.8, 4) is 5.69 Å². The van der Waals surface area contributed by atoms with Gasteiger partial charge in [0.05, 0.1) is 11.4 Å². The Morgan fingerprint density at radius 2 is 2.10 bits per heavy atom. The van der Waals surface area contributed by atoms with E-state index < -0.39 is 0 Å². The van der Waals surface area contributed by atoms with E-state index in [4.69, 9.17) is 5.73 Å². The number of rotatable bonds is 5. The smallest absolute Gasteiger partial charge is 0.273 e. The van der Waals surface area contributed by atoms with Gasteiger partial charge in [0.2, 0.25) is 0 Å². The lowest BCUT2D eigenvalue weighted by Gasteiger charge is -2.07. The van der Waals surface area contributed by atoms with E-state index in [0.29, 0.717) is 24.7 Å². The van der Waals surface area contributed by atoms with Gasteiger partial charge in [-0.3, -0.25) is 4.79 Å². The van der Waals surface area contributed by atoms with Gasteiger partial charge in [-0.05, 0) is 37.1 Å². The monoisotopic (exact) mass is 349 g/mol. The zero-order valence-electron chi connectivity index (χ0n) is 11.4. The largest absolute Gasteiger partial charge is 0.349 e. The molecule has 0 bridgehead atoms. The zero-order valence-corrected chi connectivity index (χ0v) is 13.0. The van der Waals surface area contributed by atoms with Crippen LogP contribution in [0.5, 0.6) is 0 Å². The Balaban J connectivity index is 1.96. The highest BCUT2D eigenvalue weighted by Gasteiger charge is 2.34. The third kappa shape index (κ3) is 2.98. The summed E-state index contributed by atoms with van der Waals surface area (Å²) >= 11 is 3.41. The molecule has 110 valence electrons. The Labute approximate surface area is 130 Å². The maximum atomic E-state index is 12.2. The molecule has 0 saturated heterocycles. The van der Waals surface area contributed by atoms with Crippen molar-refractivity contribution in [2.24, 2.45) is 5.73 Å². The highest BCUT2D eigenvalue weighted by atomic mass is 79.9. The van der Waals surface area contributed by atoms with Gasteiger partial charge in [0.25, 0.3) is 5.91 Å². The third-order valence-electron chi connectivity index (χ3n) is 3.39. The van der Waals surface area contributed by atoms with E-state index >= 15 is 0 Å². The molecule has 0 atom stereocenters. The molecule has 1 aromatic carbocycles. The third-order valence-corrected chi connectivity index (χ3v) is 3.91. The molecule has 1 heterocycles. The molecule has 0 unspecified atom stereocenters. The number of nitrogens with one attached hydrogen (secondary N) is 1. The standard InChI is InChI=1S/C14H16BrN5O/c15-10-3-5-11(6-4-10)20-13(9-1-2-9)12(18-19-20)14(21)17-8-7-16/h3-6,9H,1-2,7-8,16H2,(H,17,21). The van der Waals surface area contributed by atoms with Crippen molar-refractivity contribution < 1.29 is 4.79 Å². The first-order valence-electron chi connectivity index (χ1n) is 6.90. The van der Waals surface area contributed by atoms with Crippen LogP contribution in [0.3, 0.4) is 0 Å². The van der Waals surface area contributed by atoms with E-state index in [-0.39, 0.29) is 5.91 Å². The van der Waals surface area contributed by atoms with Crippen molar-refractivity contribution in [1.29, 1.82) is 0 Å². The van der Waals surface area contributed by atoms with Gasteiger partial charge >= 0.3 is 0 Å². The summed E-state index contributed by atoms with van der Waals surface area (Å²) in [7, 11) is 0. The molecule has 1 saturated carbocycles. The number of halogens is 1. The molecule has 0 spiro atoms. The van der Waals surface area contributed by atoms with Crippen LogP contribution in [0.4, 0.5) is 0 Å². The molecular formula is C14H16BrN5O. The molecule has 3 rings (SSSR count). The highest BCUT2D eigenvalue weighted by Crippen LogP contribution is 2.41. The van der Waals surface area contributed by atoms with E-state index in [0.717, 1.165) is 28.7 Å². The number of benzene rings is 1. The lowest BCUT2D eigenvalue weighted by Crippen LogP contribution is -2.30. The Morgan fingerprint density at radius 1 is 1.38 bits per heavy atom. The molecular weight excluding hydrogens is 334 g/mol. The minimum atomic E-state index is -0.203. The van der Waals surface area contributed by atoms with E-state index in [1.54, 1.807) is 4.68 Å². The molecule has 21 heavy (non-hydrogen) atoms. The minimum absolute atomic E-state index is 0.203. The fourth-order valence-corrected chi connectivity index (χ4v) is 2.48. The zero-order chi connectivity index (χ0) is 14.8. The average Bonchev–Trinajstić information content (AvgIpc) is 3.24. The van der Waals surface area contributed by atoms with Gasteiger partial charge in [0.15, 0.2) is 5.69 Å². The Hall–Kier alpha value is -1.73. The van der Waals surface area contributed by atoms with Crippen molar-refractivity contribution in [2.45, 2.75) is 18.8 Å². The quantitative estimate of drug-likeness (QED) is 0.858. The van der Waals surface area contributed by atoms with Crippen LogP contribution in [0.1, 0.15) is 34.9 Å². The number of nitrogens with zero attached hydrogens (tertiary/aromatic N) is 3. The van der Waals surface area contributed by atoms with Gasteiger partial charge in [0.1, 0.15) is 0 Å². The number of carbonyl (C=O) groups is 1. The molecule has 0 aliphatic heterocycles. The summed E-state index contributed by atoms with van der Waals surface area (Å²) < 4.78 is 2.77. The first kappa shape index (κ1) is 14.2. The first-order valence-corrected chi connectivity index (χ1v) is 7.70. The second kappa shape index (κ2) is 5.95. The van der Waals surface area contributed by atoms with E-state index in [2.05, 4.69) is 31.6 Å². The lowest BCUT2D eigenvalue weighted by molar-refractivity contribution is 0.0948. The molecule has 6 nitrogen and oxygen atoms in total. The van der Waals surface area contributed by atoms with Crippen LogP contribution in [-0.4, -0.2) is 34.0 Å². The summed E-state index contributed by atoms with van der Waals surface area (Å²) in [4.78, 5) is 12.2. The number of amides is 1. The average molecular weight is 350 g/mol. The number of aromatic nitrogens is 3. The molecule has 1 fully saturated rings. The lowest BCUT2D eigenvalue weighted by atomic mass is 10.2. The molecule has 1 aromatic heterocycles. The van der Waals surface area contributed by atoms with E-state index in [1.165, 1.54) is 0 Å². The predicted molar refractivity (Wildman–Crippen MR) is 82.4 cm³/mol. The fraction of sp³-hybridized carbons (Fsp3) is 0.357. The van der Waals surface area contributed by atoms with Gasteiger partial charge in [-0.25, -0.2) is 4.68 Å². The van der Waals surface area contributed by atoms with E-state index in [1.807, 2.05) is 24.3 Å². The summed E-state index contributed by atoms with van der Waals surface area (Å²) in [6.45, 7) is 0.847. The van der Waals surface area contributed by atoms with Gasteiger partial charge in [-0.2, -0.15) is 0 Å². The number of hydrogen-bond donors (Lipinski definition) is 2. The summed E-state index contributed by atoms with van der Waals surface area (Å²) in [6.07, 6.45) is 2.14. The van der Waals surface area contributed by atoms with Gasteiger partial charge < -0.3 is 11.1 Å². The van der Waals surface area contributed by atoms with Crippen molar-refractivity contribution in [3.63, 3.8) is 0 Å². The number of nitrogens with two attached hydrogens (primary N) is 1. The molecule has 2 aromatic rings. The van der Waals surface area contributed by atoms with Crippen LogP contribution in [0, 0.1) is 0 Å². The van der Waals surface area contributed by atoms with E-state index in [9.17, 15) is 4.79 Å². The van der Waals surface area contributed by atoms with Crippen LogP contribution in [0.25, 0.3) is 5.69 Å². The Bertz CT molecular complexity index is 648. The maximum Gasteiger partial charge on any atom is 0.273 e.